The van der Waals surface area contributed by atoms with E-state index in [1.807, 2.05) is 20.9 Å². The highest BCUT2D eigenvalue weighted by atomic mass is 16.5. The van der Waals surface area contributed by atoms with Gasteiger partial charge in [-0.1, -0.05) is 13.3 Å². The van der Waals surface area contributed by atoms with Crippen molar-refractivity contribution in [2.45, 2.75) is 39.7 Å². The van der Waals surface area contributed by atoms with E-state index < -0.39 is 0 Å². The van der Waals surface area contributed by atoms with Gasteiger partial charge in [0.1, 0.15) is 0 Å². The van der Waals surface area contributed by atoms with E-state index >= 15 is 0 Å². The minimum atomic E-state index is 0.584. The van der Waals surface area contributed by atoms with E-state index in [-0.39, 0.29) is 0 Å². The van der Waals surface area contributed by atoms with Gasteiger partial charge in [0.05, 0.1) is 13.2 Å². The van der Waals surface area contributed by atoms with Crippen molar-refractivity contribution in [3.05, 3.63) is 0 Å². The highest BCUT2D eigenvalue weighted by Gasteiger charge is 2.16. The SMILES string of the molecule is CCCC(CNC)N(CCOCC)CCOCC. The Kier molecular flexibility index (Phi) is 13.2. The summed E-state index contributed by atoms with van der Waals surface area (Å²) >= 11 is 0. The Balaban J connectivity index is 4.18. The van der Waals surface area contributed by atoms with E-state index in [1.54, 1.807) is 0 Å². The Morgan fingerprint density at radius 2 is 1.56 bits per heavy atom. The molecule has 0 aliphatic carbocycles. The van der Waals surface area contributed by atoms with Crippen molar-refractivity contribution >= 4 is 0 Å². The summed E-state index contributed by atoms with van der Waals surface area (Å²) in [5, 5.41) is 3.29. The molecule has 0 amide bonds. The Hall–Kier alpha value is -0.160. The molecule has 1 unspecified atom stereocenters. The van der Waals surface area contributed by atoms with Gasteiger partial charge in [0.15, 0.2) is 0 Å². The number of hydrogen-bond donors (Lipinski definition) is 1. The Morgan fingerprint density at radius 1 is 1.00 bits per heavy atom. The number of likely N-dealkylation sites (N-methyl/N-ethyl adjacent to an activating group) is 1. The van der Waals surface area contributed by atoms with Gasteiger partial charge in [0.2, 0.25) is 0 Å². The van der Waals surface area contributed by atoms with E-state index in [9.17, 15) is 0 Å². The van der Waals surface area contributed by atoms with Crippen LogP contribution in [0.15, 0.2) is 0 Å². The van der Waals surface area contributed by atoms with Crippen molar-refractivity contribution in [2.24, 2.45) is 0 Å². The average Bonchev–Trinajstić information content (AvgIpc) is 2.37. The molecule has 4 nitrogen and oxygen atoms in total. The summed E-state index contributed by atoms with van der Waals surface area (Å²) in [5.41, 5.74) is 0. The van der Waals surface area contributed by atoms with Crippen molar-refractivity contribution < 1.29 is 9.47 Å². The van der Waals surface area contributed by atoms with Crippen LogP contribution in [0.2, 0.25) is 0 Å². The van der Waals surface area contributed by atoms with Gasteiger partial charge in [-0.3, -0.25) is 4.90 Å². The van der Waals surface area contributed by atoms with Crippen molar-refractivity contribution in [1.82, 2.24) is 10.2 Å². The lowest BCUT2D eigenvalue weighted by atomic mass is 10.1. The molecule has 4 heteroatoms. The quantitative estimate of drug-likeness (QED) is 0.512. The first-order valence-corrected chi connectivity index (χ1v) is 7.34. The summed E-state index contributed by atoms with van der Waals surface area (Å²) in [5.74, 6) is 0. The van der Waals surface area contributed by atoms with E-state index in [4.69, 9.17) is 9.47 Å². The molecule has 0 saturated carbocycles. The minimum Gasteiger partial charge on any atom is -0.380 e. The Bertz CT molecular complexity index is 152. The molecular formula is C14H32N2O2. The molecule has 110 valence electrons. The number of nitrogens with one attached hydrogen (secondary N) is 1. The lowest BCUT2D eigenvalue weighted by Gasteiger charge is -2.31. The van der Waals surface area contributed by atoms with Gasteiger partial charge < -0.3 is 14.8 Å². The summed E-state index contributed by atoms with van der Waals surface area (Å²) in [6.07, 6.45) is 2.44. The van der Waals surface area contributed by atoms with Gasteiger partial charge in [-0.05, 0) is 27.3 Å². The van der Waals surface area contributed by atoms with Crippen LogP contribution in [0.5, 0.6) is 0 Å². The topological polar surface area (TPSA) is 33.7 Å². The standard InChI is InChI=1S/C14H32N2O2/c1-5-8-14(13-15-4)16(9-11-17-6-2)10-12-18-7-3/h14-15H,5-13H2,1-4H3. The summed E-state index contributed by atoms with van der Waals surface area (Å²) in [6.45, 7) is 12.6. The van der Waals surface area contributed by atoms with Gasteiger partial charge in [-0.2, -0.15) is 0 Å². The molecule has 1 atom stereocenters. The van der Waals surface area contributed by atoms with Crippen LogP contribution in [0.3, 0.4) is 0 Å². The van der Waals surface area contributed by atoms with Gasteiger partial charge in [-0.15, -0.1) is 0 Å². The Morgan fingerprint density at radius 3 is 1.94 bits per heavy atom. The molecule has 0 aromatic carbocycles. The molecule has 0 aromatic heterocycles. The van der Waals surface area contributed by atoms with Gasteiger partial charge >= 0.3 is 0 Å². The fourth-order valence-electron chi connectivity index (χ4n) is 2.11. The fraction of sp³-hybridized carbons (Fsp3) is 1.00. The first-order valence-electron chi connectivity index (χ1n) is 7.34. The second-order valence-corrected chi connectivity index (χ2v) is 4.43. The lowest BCUT2D eigenvalue weighted by molar-refractivity contribution is 0.0605. The predicted molar refractivity (Wildman–Crippen MR) is 77.2 cm³/mol. The van der Waals surface area contributed by atoms with Crippen molar-refractivity contribution in [3.8, 4) is 0 Å². The van der Waals surface area contributed by atoms with Crippen LogP contribution >= 0.6 is 0 Å². The smallest absolute Gasteiger partial charge is 0.0593 e. The van der Waals surface area contributed by atoms with Gasteiger partial charge in [0, 0.05) is 38.9 Å². The van der Waals surface area contributed by atoms with Crippen molar-refractivity contribution in [3.63, 3.8) is 0 Å². The molecule has 0 aliphatic rings. The summed E-state index contributed by atoms with van der Waals surface area (Å²) in [4.78, 5) is 2.49. The average molecular weight is 260 g/mol. The van der Waals surface area contributed by atoms with Crippen LogP contribution in [-0.2, 0) is 9.47 Å². The maximum atomic E-state index is 5.47. The van der Waals surface area contributed by atoms with Crippen LogP contribution in [-0.4, -0.2) is 64.1 Å². The highest BCUT2D eigenvalue weighted by molar-refractivity contribution is 4.73. The fourth-order valence-corrected chi connectivity index (χ4v) is 2.11. The zero-order chi connectivity index (χ0) is 13.6. The van der Waals surface area contributed by atoms with Crippen LogP contribution in [0.4, 0.5) is 0 Å². The normalized spacial score (nSPS) is 13.2. The van der Waals surface area contributed by atoms with E-state index in [1.165, 1.54) is 12.8 Å². The Labute approximate surface area is 113 Å². The highest BCUT2D eigenvalue weighted by Crippen LogP contribution is 2.06. The number of nitrogens with zero attached hydrogens (tertiary/aromatic N) is 1. The molecule has 0 saturated heterocycles. The largest absolute Gasteiger partial charge is 0.380 e. The first-order chi connectivity index (χ1) is 8.79. The van der Waals surface area contributed by atoms with Crippen molar-refractivity contribution in [1.29, 1.82) is 0 Å². The summed E-state index contributed by atoms with van der Waals surface area (Å²) < 4.78 is 10.9. The monoisotopic (exact) mass is 260 g/mol. The molecule has 0 aromatic rings. The van der Waals surface area contributed by atoms with E-state index in [0.717, 1.165) is 46.1 Å². The third-order valence-corrected chi connectivity index (χ3v) is 3.03. The van der Waals surface area contributed by atoms with Crippen LogP contribution in [0, 0.1) is 0 Å². The van der Waals surface area contributed by atoms with Crippen molar-refractivity contribution in [2.75, 3.05) is 53.1 Å². The lowest BCUT2D eigenvalue weighted by Crippen LogP contribution is -2.44. The van der Waals surface area contributed by atoms with Crippen LogP contribution < -0.4 is 5.32 Å². The minimum absolute atomic E-state index is 0.584. The molecular weight excluding hydrogens is 228 g/mol. The molecule has 0 spiro atoms. The maximum absolute atomic E-state index is 5.47. The third-order valence-electron chi connectivity index (χ3n) is 3.03. The van der Waals surface area contributed by atoms with Crippen LogP contribution in [0.25, 0.3) is 0 Å². The van der Waals surface area contributed by atoms with E-state index in [2.05, 4.69) is 17.1 Å². The second kappa shape index (κ2) is 13.3. The van der Waals surface area contributed by atoms with E-state index in [0.29, 0.717) is 6.04 Å². The zero-order valence-electron chi connectivity index (χ0n) is 12.7. The predicted octanol–water partition coefficient (Wildman–Crippen LogP) is 1.75. The molecule has 0 aliphatic heterocycles. The van der Waals surface area contributed by atoms with Crippen LogP contribution in [0.1, 0.15) is 33.6 Å². The maximum Gasteiger partial charge on any atom is 0.0593 e. The molecule has 0 fully saturated rings. The molecule has 0 bridgehead atoms. The molecule has 18 heavy (non-hydrogen) atoms. The number of rotatable bonds is 13. The molecule has 0 heterocycles. The first kappa shape index (κ1) is 17.8. The molecule has 0 radical (unpaired) electrons. The number of hydrogen-bond acceptors (Lipinski definition) is 4. The number of ether oxygens (including phenoxy) is 2. The second-order valence-electron chi connectivity index (χ2n) is 4.43. The van der Waals surface area contributed by atoms with Gasteiger partial charge in [-0.25, -0.2) is 0 Å². The summed E-state index contributed by atoms with van der Waals surface area (Å²) in [6, 6.07) is 0.584. The third kappa shape index (κ3) is 8.86. The molecule has 0 rings (SSSR count). The van der Waals surface area contributed by atoms with Gasteiger partial charge in [0.25, 0.3) is 0 Å². The molecule has 1 N–H and O–H groups in total. The summed E-state index contributed by atoms with van der Waals surface area (Å²) in [7, 11) is 2.02. The zero-order valence-corrected chi connectivity index (χ0v) is 12.7.